The third-order valence-electron chi connectivity index (χ3n) is 5.79. The number of aromatic nitrogens is 3. The molecule has 5 rings (SSSR count). The topological polar surface area (TPSA) is 98.2 Å². The molecule has 1 aliphatic carbocycles. The van der Waals surface area contributed by atoms with Crippen LogP contribution in [0.1, 0.15) is 37.8 Å². The number of aliphatic hydroxyl groups excluding tert-OH is 1. The highest BCUT2D eigenvalue weighted by molar-refractivity contribution is 5.66. The Morgan fingerprint density at radius 3 is 2.71 bits per heavy atom. The molecule has 4 N–H and O–H groups in total. The average Bonchev–Trinajstić information content (AvgIpc) is 3.34. The van der Waals surface area contributed by atoms with Gasteiger partial charge in [0.25, 0.3) is 0 Å². The van der Waals surface area contributed by atoms with Gasteiger partial charge >= 0.3 is 0 Å². The average molecular weight is 381 g/mol. The Kier molecular flexibility index (Phi) is 4.52. The van der Waals surface area contributed by atoms with E-state index in [1.165, 1.54) is 19.3 Å². The van der Waals surface area contributed by atoms with Crippen LogP contribution >= 0.6 is 0 Å². The van der Waals surface area contributed by atoms with Gasteiger partial charge in [-0.25, -0.2) is 9.97 Å². The number of pyridine rings is 1. The maximum absolute atomic E-state index is 9.40. The van der Waals surface area contributed by atoms with Gasteiger partial charge in [0.2, 0.25) is 0 Å². The predicted octanol–water partition coefficient (Wildman–Crippen LogP) is 1.84. The molecule has 0 radical (unpaired) electrons. The molecule has 1 saturated carbocycles. The molecule has 2 aromatic heterocycles. The lowest BCUT2D eigenvalue weighted by Crippen LogP contribution is -2.43. The summed E-state index contributed by atoms with van der Waals surface area (Å²) in [6, 6.07) is 5.18. The smallest absolute Gasteiger partial charge is 0.150 e. The highest BCUT2D eigenvalue weighted by Crippen LogP contribution is 2.38. The van der Waals surface area contributed by atoms with E-state index in [0.29, 0.717) is 23.8 Å². The number of hydrogen-bond acceptors (Lipinski definition) is 8. The van der Waals surface area contributed by atoms with E-state index in [1.54, 1.807) is 6.20 Å². The third-order valence-corrected chi connectivity index (χ3v) is 5.79. The Bertz CT molecular complexity index is 839. The van der Waals surface area contributed by atoms with Crippen LogP contribution in [0.2, 0.25) is 0 Å². The van der Waals surface area contributed by atoms with Gasteiger partial charge in [0.15, 0.2) is 0 Å². The van der Waals surface area contributed by atoms with Crippen molar-refractivity contribution in [2.75, 3.05) is 35.2 Å². The minimum atomic E-state index is -0.0649. The Balaban J connectivity index is 1.40. The molecule has 2 aromatic rings. The number of piperazine rings is 1. The minimum Gasteiger partial charge on any atom is -0.394 e. The normalized spacial score (nSPS) is 24.4. The van der Waals surface area contributed by atoms with Gasteiger partial charge in [0.05, 0.1) is 24.7 Å². The first kappa shape index (κ1) is 17.6. The quantitative estimate of drug-likeness (QED) is 0.577. The van der Waals surface area contributed by atoms with Crippen LogP contribution in [0.3, 0.4) is 0 Å². The Morgan fingerprint density at radius 1 is 1.21 bits per heavy atom. The number of fused-ring (bicyclic) bond motifs is 2. The number of hydrogen-bond donors (Lipinski definition) is 4. The van der Waals surface area contributed by atoms with E-state index in [-0.39, 0.29) is 12.6 Å². The van der Waals surface area contributed by atoms with Crippen LogP contribution in [-0.2, 0) is 0 Å². The summed E-state index contributed by atoms with van der Waals surface area (Å²) in [7, 11) is 0. The first-order valence-electron chi connectivity index (χ1n) is 10.2. The van der Waals surface area contributed by atoms with Crippen molar-refractivity contribution < 1.29 is 5.11 Å². The van der Waals surface area contributed by atoms with E-state index in [2.05, 4.69) is 47.9 Å². The van der Waals surface area contributed by atoms with Gasteiger partial charge in [-0.2, -0.15) is 0 Å². The molecule has 3 fully saturated rings. The Labute approximate surface area is 164 Å². The van der Waals surface area contributed by atoms with Crippen LogP contribution in [0.25, 0.3) is 0 Å². The molecule has 148 valence electrons. The molecule has 3 unspecified atom stereocenters. The Hall–Kier alpha value is -2.45. The number of aliphatic hydroxyl groups is 1. The van der Waals surface area contributed by atoms with Crippen LogP contribution < -0.4 is 20.9 Å². The SMILES string of the molecule is CC(CO)Nc1cc(N2CC3CC2CN3)cc(Nc2cnc(C3CC3)cn2)n1. The van der Waals surface area contributed by atoms with E-state index < -0.39 is 0 Å². The van der Waals surface area contributed by atoms with Crippen molar-refractivity contribution in [1.29, 1.82) is 0 Å². The third kappa shape index (κ3) is 3.62. The van der Waals surface area contributed by atoms with Crippen LogP contribution in [-0.4, -0.2) is 57.9 Å². The highest BCUT2D eigenvalue weighted by Gasteiger charge is 2.37. The van der Waals surface area contributed by atoms with Crippen molar-refractivity contribution in [1.82, 2.24) is 20.3 Å². The molecular weight excluding hydrogens is 354 g/mol. The monoisotopic (exact) mass is 381 g/mol. The van der Waals surface area contributed by atoms with Crippen LogP contribution in [0.4, 0.5) is 23.1 Å². The van der Waals surface area contributed by atoms with E-state index in [1.807, 2.05) is 13.1 Å². The van der Waals surface area contributed by atoms with Gasteiger partial charge in [-0.3, -0.25) is 4.98 Å². The minimum absolute atomic E-state index is 0.0567. The molecule has 8 nitrogen and oxygen atoms in total. The van der Waals surface area contributed by atoms with Gasteiger partial charge in [-0.15, -0.1) is 0 Å². The first-order chi connectivity index (χ1) is 13.7. The fraction of sp³-hybridized carbons (Fsp3) is 0.550. The summed E-state index contributed by atoms with van der Waals surface area (Å²) in [5, 5.41) is 19.5. The molecular formula is C20H27N7O. The van der Waals surface area contributed by atoms with Crippen LogP contribution in [0.5, 0.6) is 0 Å². The fourth-order valence-corrected chi connectivity index (χ4v) is 4.12. The fourth-order valence-electron chi connectivity index (χ4n) is 4.12. The van der Waals surface area contributed by atoms with Gasteiger partial charge in [-0.05, 0) is 26.2 Å². The standard InChI is InChI=1S/C20H27N7O/c1-12(11-28)24-18-5-15(27-10-14-4-16(27)7-21-14)6-19(25-18)26-20-9-22-17(8-23-20)13-2-3-13/h5-6,8-9,12-14,16,21,28H,2-4,7,10-11H2,1H3,(H2,23,24,25,26). The number of rotatable bonds is 7. The van der Waals surface area contributed by atoms with Gasteiger partial charge in [0.1, 0.15) is 17.5 Å². The van der Waals surface area contributed by atoms with E-state index >= 15 is 0 Å². The maximum Gasteiger partial charge on any atom is 0.150 e. The molecule has 28 heavy (non-hydrogen) atoms. The van der Waals surface area contributed by atoms with Crippen molar-refractivity contribution in [2.24, 2.45) is 0 Å². The zero-order valence-corrected chi connectivity index (χ0v) is 16.1. The van der Waals surface area contributed by atoms with Gasteiger partial charge in [0, 0.05) is 55.0 Å². The molecule has 3 aliphatic rings. The second-order valence-electron chi connectivity index (χ2n) is 8.20. The molecule has 0 spiro atoms. The summed E-state index contributed by atoms with van der Waals surface area (Å²) < 4.78 is 0. The van der Waals surface area contributed by atoms with Gasteiger partial charge in [-0.1, -0.05) is 0 Å². The van der Waals surface area contributed by atoms with E-state index in [0.717, 1.165) is 36.1 Å². The molecule has 3 atom stereocenters. The lowest BCUT2D eigenvalue weighted by Gasteiger charge is -2.30. The van der Waals surface area contributed by atoms with Gasteiger partial charge < -0.3 is 26.0 Å². The van der Waals surface area contributed by atoms with Crippen molar-refractivity contribution in [2.45, 2.75) is 50.2 Å². The molecule has 0 aromatic carbocycles. The second kappa shape index (κ2) is 7.18. The lowest BCUT2D eigenvalue weighted by molar-refractivity contribution is 0.281. The van der Waals surface area contributed by atoms with Crippen molar-refractivity contribution in [3.8, 4) is 0 Å². The molecule has 2 aliphatic heterocycles. The summed E-state index contributed by atoms with van der Waals surface area (Å²) >= 11 is 0. The zero-order chi connectivity index (χ0) is 19.1. The lowest BCUT2D eigenvalue weighted by atomic mass is 10.2. The molecule has 2 bridgehead atoms. The largest absolute Gasteiger partial charge is 0.394 e. The summed E-state index contributed by atoms with van der Waals surface area (Å²) in [6.45, 7) is 4.03. The Morgan fingerprint density at radius 2 is 2.07 bits per heavy atom. The van der Waals surface area contributed by atoms with Crippen molar-refractivity contribution in [3.05, 3.63) is 30.2 Å². The van der Waals surface area contributed by atoms with Crippen LogP contribution in [0, 0.1) is 0 Å². The summed E-state index contributed by atoms with van der Waals surface area (Å²) in [5.74, 6) is 2.77. The first-order valence-corrected chi connectivity index (χ1v) is 10.2. The number of nitrogens with zero attached hydrogens (tertiary/aromatic N) is 4. The molecule has 2 saturated heterocycles. The zero-order valence-electron chi connectivity index (χ0n) is 16.1. The molecule has 0 amide bonds. The number of anilines is 4. The molecule has 8 heteroatoms. The molecule has 4 heterocycles. The van der Waals surface area contributed by atoms with Crippen LogP contribution in [0.15, 0.2) is 24.5 Å². The number of nitrogens with one attached hydrogen (secondary N) is 3. The summed E-state index contributed by atoms with van der Waals surface area (Å²) in [5.41, 5.74) is 2.22. The highest BCUT2D eigenvalue weighted by atomic mass is 16.3. The summed E-state index contributed by atoms with van der Waals surface area (Å²) in [6.07, 6.45) is 7.27. The van der Waals surface area contributed by atoms with E-state index in [9.17, 15) is 5.11 Å². The van der Waals surface area contributed by atoms with Crippen molar-refractivity contribution in [3.63, 3.8) is 0 Å². The van der Waals surface area contributed by atoms with Crippen molar-refractivity contribution >= 4 is 23.1 Å². The maximum atomic E-state index is 9.40. The van der Waals surface area contributed by atoms with E-state index in [4.69, 9.17) is 0 Å². The second-order valence-corrected chi connectivity index (χ2v) is 8.20. The summed E-state index contributed by atoms with van der Waals surface area (Å²) in [4.78, 5) is 16.2. The predicted molar refractivity (Wildman–Crippen MR) is 109 cm³/mol.